The smallest absolute Gasteiger partial charge is 0.416 e. The van der Waals surface area contributed by atoms with E-state index >= 15 is 8.78 Å². The molecule has 2 N–H and O–H groups in total. The van der Waals surface area contributed by atoms with E-state index in [1.54, 1.807) is 12.1 Å². The summed E-state index contributed by atoms with van der Waals surface area (Å²) in [5, 5.41) is 15.6. The largest absolute Gasteiger partial charge is 0.494 e. The zero-order valence-electron chi connectivity index (χ0n) is 23.2. The first-order valence-electron chi connectivity index (χ1n) is 13.4. The Balaban J connectivity index is 1.80. The number of nitriles is 1. The van der Waals surface area contributed by atoms with Crippen LogP contribution in [0.4, 0.5) is 27.8 Å². The number of nitrogens with one attached hydrogen (secondary N) is 2. The second-order valence-corrected chi connectivity index (χ2v) is 10.1. The summed E-state index contributed by atoms with van der Waals surface area (Å²) in [6, 6.07) is 16.9. The van der Waals surface area contributed by atoms with Gasteiger partial charge in [0.1, 0.15) is 11.6 Å². The molecule has 6 nitrogen and oxygen atoms in total. The second kappa shape index (κ2) is 11.9. The van der Waals surface area contributed by atoms with Crippen LogP contribution < -0.4 is 20.9 Å². The number of nitrogens with zero attached hydrogens (tertiary/aromatic N) is 2. The molecule has 1 unspecified atom stereocenters. The number of fused-ring (bicyclic) bond motifs is 1. The van der Waals surface area contributed by atoms with Gasteiger partial charge < -0.3 is 10.1 Å². The number of hydrogen-bond acceptors (Lipinski definition) is 5. The van der Waals surface area contributed by atoms with Gasteiger partial charge in [-0.1, -0.05) is 48.5 Å². The minimum Gasteiger partial charge on any atom is -0.494 e. The van der Waals surface area contributed by atoms with Crippen molar-refractivity contribution >= 4 is 5.82 Å². The van der Waals surface area contributed by atoms with Crippen molar-refractivity contribution in [2.24, 2.45) is 0 Å². The molecule has 0 radical (unpaired) electrons. The van der Waals surface area contributed by atoms with Crippen LogP contribution in [-0.4, -0.2) is 24.8 Å². The number of methoxy groups -OCH3 is 1. The molecule has 0 fully saturated rings. The molecular weight excluding hydrogens is 567 g/mol. The van der Waals surface area contributed by atoms with E-state index in [0.29, 0.717) is 0 Å². The second-order valence-electron chi connectivity index (χ2n) is 10.1. The van der Waals surface area contributed by atoms with Crippen LogP contribution in [0.25, 0.3) is 11.1 Å². The van der Waals surface area contributed by atoms with E-state index in [9.17, 15) is 23.2 Å². The molecule has 2 atom stereocenters. The van der Waals surface area contributed by atoms with E-state index in [-0.39, 0.29) is 46.9 Å². The molecule has 0 aliphatic carbocycles. The molecule has 0 bridgehead atoms. The zero-order chi connectivity index (χ0) is 30.9. The lowest BCUT2D eigenvalue weighted by Crippen LogP contribution is -2.35. The lowest BCUT2D eigenvalue weighted by Gasteiger charge is -2.27. The van der Waals surface area contributed by atoms with Crippen molar-refractivity contribution in [3.63, 3.8) is 0 Å². The molecule has 3 aromatic carbocycles. The minimum atomic E-state index is -4.84. The predicted molar refractivity (Wildman–Crippen MR) is 152 cm³/mol. The van der Waals surface area contributed by atoms with Crippen LogP contribution in [-0.2, 0) is 12.6 Å². The number of rotatable bonds is 8. The fraction of sp³-hybridized carbons (Fsp3) is 0.250. The summed E-state index contributed by atoms with van der Waals surface area (Å²) in [6.07, 6.45) is -5.36. The summed E-state index contributed by atoms with van der Waals surface area (Å²) < 4.78 is 79.2. The summed E-state index contributed by atoms with van der Waals surface area (Å²) in [5.41, 5.74) is -1.34. The maximum atomic E-state index is 15.7. The Morgan fingerprint density at radius 3 is 2.47 bits per heavy atom. The normalized spacial score (nSPS) is 15.0. The molecule has 11 heteroatoms. The van der Waals surface area contributed by atoms with E-state index in [2.05, 4.69) is 10.6 Å². The Labute approximate surface area is 244 Å². The highest BCUT2D eigenvalue weighted by molar-refractivity contribution is 5.74. The van der Waals surface area contributed by atoms with Gasteiger partial charge in [-0.3, -0.25) is 14.7 Å². The van der Waals surface area contributed by atoms with Crippen LogP contribution in [0.5, 0.6) is 5.75 Å². The third-order valence-corrected chi connectivity index (χ3v) is 7.77. The van der Waals surface area contributed by atoms with Gasteiger partial charge in [0.15, 0.2) is 11.6 Å². The lowest BCUT2D eigenvalue weighted by atomic mass is 9.91. The van der Waals surface area contributed by atoms with Crippen LogP contribution in [0.1, 0.15) is 39.9 Å². The van der Waals surface area contributed by atoms with Gasteiger partial charge in [-0.15, -0.1) is 0 Å². The zero-order valence-corrected chi connectivity index (χ0v) is 23.2. The average molecular weight is 595 g/mol. The molecule has 0 saturated heterocycles. The summed E-state index contributed by atoms with van der Waals surface area (Å²) in [7, 11) is 1.28. The van der Waals surface area contributed by atoms with E-state index in [1.807, 2.05) is 24.3 Å². The molecule has 1 aromatic heterocycles. The van der Waals surface area contributed by atoms with Crippen molar-refractivity contribution in [2.45, 2.75) is 31.6 Å². The number of ether oxygens (including phenoxy) is 1. The Bertz CT molecular complexity index is 1760. The number of aromatic nitrogens is 1. The number of anilines is 1. The number of benzene rings is 3. The summed E-state index contributed by atoms with van der Waals surface area (Å²) in [6.45, 7) is 1.62. The quantitative estimate of drug-likeness (QED) is 0.179. The Kier molecular flexibility index (Phi) is 8.24. The monoisotopic (exact) mass is 594 g/mol. The summed E-state index contributed by atoms with van der Waals surface area (Å²) in [5.74, 6) is -1.79. The van der Waals surface area contributed by atoms with Crippen molar-refractivity contribution in [3.05, 3.63) is 117 Å². The number of hydrogen-bond donors (Lipinski definition) is 2. The molecule has 5 rings (SSSR count). The van der Waals surface area contributed by atoms with Crippen LogP contribution >= 0.6 is 0 Å². The molecule has 0 saturated carbocycles. The third-order valence-electron chi connectivity index (χ3n) is 7.77. The number of pyridine rings is 1. The number of alkyl halides is 3. The number of halogens is 5. The Hall–Kier alpha value is -4.69. The van der Waals surface area contributed by atoms with E-state index in [0.717, 1.165) is 23.8 Å². The molecule has 1 aliphatic rings. The maximum Gasteiger partial charge on any atom is 0.416 e. The standard InChI is InChI=1S/C32H27F5N4O2/c1-18-21(16-22-23(32(35,36)37)11-7-12-24(22)33)30-40-17-25(29(39-15-14-38)19-8-4-3-5-9-19)41(30)31(42)27(18)20-10-6-13-26(43-2)28(20)34/h3-13,25,29,39-40H,15-17H2,1-2H3/t25-,29?/m0/s1. The van der Waals surface area contributed by atoms with E-state index in [4.69, 9.17) is 4.74 Å². The van der Waals surface area contributed by atoms with Crippen molar-refractivity contribution in [3.8, 4) is 22.9 Å². The molecule has 0 spiro atoms. The van der Waals surface area contributed by atoms with Gasteiger partial charge in [0.25, 0.3) is 5.56 Å². The van der Waals surface area contributed by atoms with Crippen molar-refractivity contribution in [2.75, 3.05) is 25.5 Å². The minimum absolute atomic E-state index is 0.0552. The first kappa shape index (κ1) is 29.8. The van der Waals surface area contributed by atoms with Gasteiger partial charge in [-0.2, -0.15) is 18.4 Å². The first-order valence-corrected chi connectivity index (χ1v) is 13.4. The van der Waals surface area contributed by atoms with Crippen molar-refractivity contribution in [1.29, 1.82) is 5.26 Å². The van der Waals surface area contributed by atoms with Gasteiger partial charge in [-0.05, 0) is 36.2 Å². The average Bonchev–Trinajstić information content (AvgIpc) is 3.42. The molecule has 43 heavy (non-hydrogen) atoms. The van der Waals surface area contributed by atoms with Gasteiger partial charge in [-0.25, -0.2) is 8.78 Å². The first-order chi connectivity index (χ1) is 20.6. The molecule has 4 aromatic rings. The van der Waals surface area contributed by atoms with Crippen molar-refractivity contribution in [1.82, 2.24) is 9.88 Å². The topological polar surface area (TPSA) is 79.1 Å². The highest BCUT2D eigenvalue weighted by Gasteiger charge is 2.38. The van der Waals surface area contributed by atoms with E-state index < -0.39 is 53.0 Å². The summed E-state index contributed by atoms with van der Waals surface area (Å²) in [4.78, 5) is 14.3. The molecule has 2 heterocycles. The van der Waals surface area contributed by atoms with Gasteiger partial charge in [0, 0.05) is 29.7 Å². The Morgan fingerprint density at radius 2 is 1.79 bits per heavy atom. The fourth-order valence-corrected chi connectivity index (χ4v) is 5.79. The highest BCUT2D eigenvalue weighted by Crippen LogP contribution is 2.41. The summed E-state index contributed by atoms with van der Waals surface area (Å²) >= 11 is 0. The van der Waals surface area contributed by atoms with Crippen LogP contribution in [0.3, 0.4) is 0 Å². The van der Waals surface area contributed by atoms with Crippen LogP contribution in [0, 0.1) is 29.9 Å². The molecule has 1 aliphatic heterocycles. The highest BCUT2D eigenvalue weighted by atomic mass is 19.4. The van der Waals surface area contributed by atoms with Gasteiger partial charge >= 0.3 is 6.18 Å². The molecular formula is C32H27F5N4O2. The van der Waals surface area contributed by atoms with Gasteiger partial charge in [0.2, 0.25) is 0 Å². The molecule has 0 amide bonds. The SMILES string of the molecule is COc1cccc(-c2c(C)c(Cc3c(F)cccc3C(F)(F)F)c3n(c2=O)[C@H](C(NCC#N)c2ccccc2)CN3)c1F. The lowest BCUT2D eigenvalue weighted by molar-refractivity contribution is -0.138. The van der Waals surface area contributed by atoms with Gasteiger partial charge in [0.05, 0.1) is 42.9 Å². The third kappa shape index (κ3) is 5.46. The predicted octanol–water partition coefficient (Wildman–Crippen LogP) is 6.54. The van der Waals surface area contributed by atoms with Crippen molar-refractivity contribution < 1.29 is 26.7 Å². The Morgan fingerprint density at radius 1 is 1.07 bits per heavy atom. The fourth-order valence-electron chi connectivity index (χ4n) is 5.79. The van der Waals surface area contributed by atoms with Crippen LogP contribution in [0.15, 0.2) is 71.5 Å². The van der Waals surface area contributed by atoms with Crippen LogP contribution in [0.2, 0.25) is 0 Å². The maximum absolute atomic E-state index is 15.7. The molecule has 222 valence electrons. The van der Waals surface area contributed by atoms with E-state index in [1.165, 1.54) is 36.8 Å².